The smallest absolute Gasteiger partial charge is 0.326 e. The minimum absolute atomic E-state index is 0.0816. The lowest BCUT2D eigenvalue weighted by atomic mass is 9.96. The molecule has 3 atom stereocenters. The van der Waals surface area contributed by atoms with E-state index in [9.17, 15) is 28.7 Å². The SMILES string of the molecule is N#Cc1cc2c(N)nccc2cc1C[C@H](C(=O)O)N1CC[C@H](N(c2cnc(N3CCCC3)s2)S(=O)O)C1=O. The lowest BCUT2D eigenvalue weighted by molar-refractivity contribution is -0.148. The highest BCUT2D eigenvalue weighted by molar-refractivity contribution is 7.81. The molecule has 0 saturated carbocycles. The van der Waals surface area contributed by atoms with Crippen molar-refractivity contribution in [3.05, 3.63) is 41.7 Å². The third-order valence-corrected chi connectivity index (χ3v) is 8.91. The lowest BCUT2D eigenvalue weighted by Crippen LogP contribution is -2.48. The van der Waals surface area contributed by atoms with Crippen molar-refractivity contribution >= 4 is 61.2 Å². The molecule has 1 amide bonds. The Morgan fingerprint density at radius 1 is 1.32 bits per heavy atom. The molecule has 14 heteroatoms. The Hall–Kier alpha value is -3.80. The van der Waals surface area contributed by atoms with Crippen molar-refractivity contribution in [2.45, 2.75) is 37.8 Å². The molecule has 2 aromatic heterocycles. The first kappa shape index (κ1) is 25.8. The quantitative estimate of drug-likeness (QED) is 0.348. The van der Waals surface area contributed by atoms with E-state index in [1.807, 2.05) is 0 Å². The van der Waals surface area contributed by atoms with E-state index in [0.29, 0.717) is 21.3 Å². The summed E-state index contributed by atoms with van der Waals surface area (Å²) in [6, 6.07) is 4.75. The normalized spacial score (nSPS) is 19.1. The molecule has 4 N–H and O–H groups in total. The van der Waals surface area contributed by atoms with E-state index in [-0.39, 0.29) is 30.8 Å². The number of hydrogen-bond donors (Lipinski definition) is 3. The van der Waals surface area contributed by atoms with Crippen LogP contribution in [-0.2, 0) is 27.3 Å². The van der Waals surface area contributed by atoms with E-state index in [1.54, 1.807) is 18.2 Å². The Morgan fingerprint density at radius 3 is 2.76 bits per heavy atom. The summed E-state index contributed by atoms with van der Waals surface area (Å²) in [5.41, 5.74) is 6.62. The second kappa shape index (κ2) is 10.5. The number of thiazole rings is 1. The molecule has 1 unspecified atom stereocenters. The summed E-state index contributed by atoms with van der Waals surface area (Å²) in [7, 11) is 0. The fourth-order valence-electron chi connectivity index (χ4n) is 5.07. The maximum Gasteiger partial charge on any atom is 0.326 e. The van der Waals surface area contributed by atoms with Crippen molar-refractivity contribution in [3.8, 4) is 6.07 Å². The first-order valence-corrected chi connectivity index (χ1v) is 13.9. The van der Waals surface area contributed by atoms with Crippen molar-refractivity contribution in [2.24, 2.45) is 0 Å². The standard InChI is InChI=1S/C24H25N7O5S2/c25-12-16-10-17-14(3-5-27-21(17)26)9-15(16)11-19(23(33)34)30-8-4-18(22(30)32)31(38(35)36)20-13-28-24(37-20)29-6-1-2-7-29/h3,5,9-10,13,18-19H,1-2,4,6-8,11H2,(H2,26,27)(H,33,34)(H,35,36)/t18-,19+/m0/s1. The van der Waals surface area contributed by atoms with Crippen LogP contribution in [0.15, 0.2) is 30.6 Å². The van der Waals surface area contributed by atoms with Crippen LogP contribution in [0.5, 0.6) is 0 Å². The number of fused-ring (bicyclic) bond motifs is 1. The van der Waals surface area contributed by atoms with E-state index in [0.717, 1.165) is 35.4 Å². The molecular formula is C24H25N7O5S2. The Morgan fingerprint density at radius 2 is 2.08 bits per heavy atom. The summed E-state index contributed by atoms with van der Waals surface area (Å²) in [6.07, 6.45) is 5.15. The number of carboxylic acid groups (broad SMARTS) is 1. The average molecular weight is 556 g/mol. The number of aromatic nitrogens is 2. The number of rotatable bonds is 8. The number of carbonyl (C=O) groups is 2. The van der Waals surface area contributed by atoms with Gasteiger partial charge in [0.2, 0.25) is 5.91 Å². The highest BCUT2D eigenvalue weighted by Gasteiger charge is 2.44. The number of hydrogen-bond acceptors (Lipinski definition) is 9. The Labute approximate surface area is 224 Å². The van der Waals surface area contributed by atoms with Gasteiger partial charge in [0, 0.05) is 37.6 Å². The molecule has 12 nitrogen and oxygen atoms in total. The predicted octanol–water partition coefficient (Wildman–Crippen LogP) is 1.99. The van der Waals surface area contributed by atoms with Gasteiger partial charge in [-0.2, -0.15) is 5.26 Å². The molecule has 4 heterocycles. The molecule has 0 spiro atoms. The average Bonchev–Trinajstić information content (AvgIpc) is 3.65. The topological polar surface area (TPSA) is 177 Å². The lowest BCUT2D eigenvalue weighted by Gasteiger charge is -2.27. The van der Waals surface area contributed by atoms with Gasteiger partial charge in [0.15, 0.2) is 5.13 Å². The zero-order valence-electron chi connectivity index (χ0n) is 20.2. The van der Waals surface area contributed by atoms with Gasteiger partial charge in [0.1, 0.15) is 22.9 Å². The summed E-state index contributed by atoms with van der Waals surface area (Å²) in [4.78, 5) is 37.5. The first-order valence-electron chi connectivity index (χ1n) is 12.0. The van der Waals surface area contributed by atoms with Crippen molar-refractivity contribution < 1.29 is 23.5 Å². The fourth-order valence-corrected chi connectivity index (χ4v) is 6.91. The third kappa shape index (κ3) is 4.75. The van der Waals surface area contributed by atoms with Crippen LogP contribution < -0.4 is 14.9 Å². The largest absolute Gasteiger partial charge is 0.480 e. The van der Waals surface area contributed by atoms with Crippen molar-refractivity contribution in [1.82, 2.24) is 14.9 Å². The molecule has 3 aromatic rings. The van der Waals surface area contributed by atoms with Gasteiger partial charge in [0.05, 0.1) is 17.8 Å². The summed E-state index contributed by atoms with van der Waals surface area (Å²) >= 11 is -1.29. The Kier molecular flexibility index (Phi) is 7.15. The van der Waals surface area contributed by atoms with Crippen molar-refractivity contribution in [1.29, 1.82) is 5.26 Å². The zero-order valence-corrected chi connectivity index (χ0v) is 21.8. The summed E-state index contributed by atoms with van der Waals surface area (Å²) in [5, 5.41) is 22.1. The summed E-state index contributed by atoms with van der Waals surface area (Å²) in [6.45, 7) is 1.79. The zero-order chi connectivity index (χ0) is 27.0. The minimum atomic E-state index is -2.52. The summed E-state index contributed by atoms with van der Waals surface area (Å²) < 4.78 is 23.6. The highest BCUT2D eigenvalue weighted by atomic mass is 32.2. The van der Waals surface area contributed by atoms with E-state index in [4.69, 9.17) is 5.73 Å². The number of benzene rings is 1. The highest BCUT2D eigenvalue weighted by Crippen LogP contribution is 2.36. The fraction of sp³-hybridized carbons (Fsp3) is 0.375. The number of aliphatic carboxylic acids is 1. The van der Waals surface area contributed by atoms with Crippen LogP contribution in [0.4, 0.5) is 16.0 Å². The first-order chi connectivity index (χ1) is 18.3. The number of carboxylic acids is 1. The van der Waals surface area contributed by atoms with Gasteiger partial charge >= 0.3 is 5.97 Å². The monoisotopic (exact) mass is 555 g/mol. The van der Waals surface area contributed by atoms with Crippen LogP contribution in [0.1, 0.15) is 30.4 Å². The van der Waals surface area contributed by atoms with E-state index >= 15 is 0 Å². The number of nitrogens with zero attached hydrogens (tertiary/aromatic N) is 6. The minimum Gasteiger partial charge on any atom is -0.480 e. The second-order valence-electron chi connectivity index (χ2n) is 9.16. The molecule has 1 aromatic carbocycles. The molecule has 0 radical (unpaired) electrons. The molecule has 5 rings (SSSR count). The number of nitriles is 1. The molecular weight excluding hydrogens is 530 g/mol. The van der Waals surface area contributed by atoms with Gasteiger partial charge in [-0.05, 0) is 48.4 Å². The number of anilines is 3. The van der Waals surface area contributed by atoms with Crippen molar-refractivity contribution in [3.63, 3.8) is 0 Å². The van der Waals surface area contributed by atoms with E-state index in [1.165, 1.54) is 28.6 Å². The van der Waals surface area contributed by atoms with Crippen LogP contribution in [0.2, 0.25) is 0 Å². The van der Waals surface area contributed by atoms with Crippen LogP contribution >= 0.6 is 11.3 Å². The van der Waals surface area contributed by atoms with Gasteiger partial charge in [-0.3, -0.25) is 9.35 Å². The van der Waals surface area contributed by atoms with Gasteiger partial charge in [-0.1, -0.05) is 11.3 Å². The molecule has 2 aliphatic rings. The van der Waals surface area contributed by atoms with Gasteiger partial charge in [0.25, 0.3) is 11.3 Å². The Bertz CT molecular complexity index is 1470. The Balaban J connectivity index is 1.41. The van der Waals surface area contributed by atoms with Crippen LogP contribution in [-0.4, -0.2) is 72.3 Å². The van der Waals surface area contributed by atoms with E-state index < -0.39 is 35.2 Å². The predicted molar refractivity (Wildman–Crippen MR) is 143 cm³/mol. The molecule has 2 aliphatic heterocycles. The van der Waals surface area contributed by atoms with Crippen LogP contribution in [0.25, 0.3) is 10.8 Å². The maximum atomic E-state index is 13.5. The molecule has 38 heavy (non-hydrogen) atoms. The number of amides is 1. The number of likely N-dealkylation sites (tertiary alicyclic amines) is 1. The van der Waals surface area contributed by atoms with Gasteiger partial charge < -0.3 is 20.6 Å². The number of carbonyl (C=O) groups excluding carboxylic acids is 1. The van der Waals surface area contributed by atoms with Crippen molar-refractivity contribution in [2.75, 3.05) is 34.6 Å². The maximum absolute atomic E-state index is 13.5. The number of pyridine rings is 1. The van der Waals surface area contributed by atoms with Crippen LogP contribution in [0, 0.1) is 11.3 Å². The van der Waals surface area contributed by atoms with Crippen LogP contribution in [0.3, 0.4) is 0 Å². The summed E-state index contributed by atoms with van der Waals surface area (Å²) in [5.74, 6) is -1.54. The number of nitrogens with two attached hydrogens (primary N) is 1. The molecule has 2 saturated heterocycles. The second-order valence-corrected chi connectivity index (χ2v) is 11.0. The third-order valence-electron chi connectivity index (χ3n) is 6.95. The molecule has 0 aliphatic carbocycles. The molecule has 2 fully saturated rings. The van der Waals surface area contributed by atoms with Gasteiger partial charge in [-0.25, -0.2) is 23.3 Å². The molecule has 198 valence electrons. The van der Waals surface area contributed by atoms with E-state index in [2.05, 4.69) is 20.9 Å². The van der Waals surface area contributed by atoms with Gasteiger partial charge in [-0.15, -0.1) is 0 Å². The molecule has 0 bridgehead atoms. The number of nitrogen functional groups attached to an aromatic ring is 1.